The zero-order valence-electron chi connectivity index (χ0n) is 1.99. The van der Waals surface area contributed by atoms with Crippen molar-refractivity contribution in [2.24, 2.45) is 0 Å². The molecule has 0 saturated carbocycles. The molecule has 1 N–H and O–H groups in total. The Morgan fingerprint density at radius 1 is 1.40 bits per heavy atom. The molecule has 2 nitrogen and oxygen atoms in total. The van der Waals surface area contributed by atoms with E-state index in [-0.39, 0.29) is 33.0 Å². The fraction of sp³-hybridized carbons (Fsp3) is 0. The minimum absolute atomic E-state index is 0. The van der Waals surface area contributed by atoms with Crippen molar-refractivity contribution < 1.29 is 42.9 Å². The molecule has 0 spiro atoms. The standard InChI is InChI=1S/CHO2.2Ni/c2-1-3;;/h(H,2,3);;/q-1;;. The molecule has 0 aliphatic heterocycles. The predicted molar refractivity (Wildman–Crippen MR) is 8.32 cm³/mol. The number of hydrogen-bond acceptors (Lipinski definition) is 1. The zero-order chi connectivity index (χ0) is 2.71. The summed E-state index contributed by atoms with van der Waals surface area (Å²) in [5.74, 6) is 0. The molecular formula is CHNi2O2-. The van der Waals surface area contributed by atoms with Crippen LogP contribution in [0.2, 0.25) is 0 Å². The molecule has 0 rings (SSSR count). The molecule has 0 aromatic heterocycles. The molecule has 0 saturated heterocycles. The van der Waals surface area contributed by atoms with Gasteiger partial charge in [0.1, 0.15) is 0 Å². The van der Waals surface area contributed by atoms with Gasteiger partial charge in [0.15, 0.2) is 0 Å². The molecule has 0 unspecified atom stereocenters. The van der Waals surface area contributed by atoms with Gasteiger partial charge in [-0.3, -0.25) is 0 Å². The fourth-order valence-corrected chi connectivity index (χ4v) is 0. The van der Waals surface area contributed by atoms with Gasteiger partial charge in [-0.25, -0.2) is 0 Å². The van der Waals surface area contributed by atoms with E-state index in [0.29, 0.717) is 6.47 Å². The Morgan fingerprint density at radius 3 is 1.40 bits per heavy atom. The molecule has 0 atom stereocenters. The van der Waals surface area contributed by atoms with Crippen LogP contribution in [0.5, 0.6) is 0 Å². The Kier molecular flexibility index (Phi) is 90.1. The maximum Gasteiger partial charge on any atom is 0 e. The molecule has 4 heteroatoms. The van der Waals surface area contributed by atoms with Gasteiger partial charge in [-0.05, 0) is 0 Å². The summed E-state index contributed by atoms with van der Waals surface area (Å²) in [5.41, 5.74) is 0. The average molecular weight is 162 g/mol. The summed E-state index contributed by atoms with van der Waals surface area (Å²) in [5, 5.41) is 6.76. The molecule has 5 heavy (non-hydrogen) atoms. The van der Waals surface area contributed by atoms with Crippen molar-refractivity contribution >= 4 is 6.47 Å². The number of aliphatic hydroxyl groups excluding tert-OH is 1. The van der Waals surface area contributed by atoms with Gasteiger partial charge >= 0.3 is 0 Å². The van der Waals surface area contributed by atoms with E-state index in [1.165, 1.54) is 0 Å². The third kappa shape index (κ3) is 129. The Balaban J connectivity index is -0.0000000200. The van der Waals surface area contributed by atoms with Crippen LogP contribution >= 0.6 is 0 Å². The number of rotatable bonds is 0. The first kappa shape index (κ1) is 18.0. The van der Waals surface area contributed by atoms with Crippen LogP contribution in [0.3, 0.4) is 0 Å². The normalized spacial score (nSPS) is 2.40. The van der Waals surface area contributed by atoms with Crippen molar-refractivity contribution in [3.8, 4) is 0 Å². The molecule has 0 fully saturated rings. The summed E-state index contributed by atoms with van der Waals surface area (Å²) in [6.45, 7) is 0.500. The fourth-order valence-electron chi connectivity index (χ4n) is 0. The smallest absolute Gasteiger partial charge is 0 e. The van der Waals surface area contributed by atoms with E-state index < -0.39 is 0 Å². The minimum Gasteiger partial charge on any atom is -0.665 e. The van der Waals surface area contributed by atoms with E-state index in [1.54, 1.807) is 0 Å². The second-order valence-electron chi connectivity index (χ2n) is 0.0913. The van der Waals surface area contributed by atoms with Crippen molar-refractivity contribution in [3.63, 3.8) is 0 Å². The van der Waals surface area contributed by atoms with Crippen LogP contribution < -0.4 is 0 Å². The third-order valence-corrected chi connectivity index (χ3v) is 0. The second-order valence-corrected chi connectivity index (χ2v) is 0.0913. The Morgan fingerprint density at radius 2 is 1.40 bits per heavy atom. The molecule has 0 aliphatic carbocycles. The van der Waals surface area contributed by atoms with Gasteiger partial charge in [-0.2, -0.15) is 0 Å². The van der Waals surface area contributed by atoms with E-state index in [0.717, 1.165) is 0 Å². The van der Waals surface area contributed by atoms with E-state index >= 15 is 0 Å². The molecule has 0 bridgehead atoms. The van der Waals surface area contributed by atoms with Gasteiger partial charge in [0.05, 0.1) is 0 Å². The minimum atomic E-state index is 0. The summed E-state index contributed by atoms with van der Waals surface area (Å²) >= 11 is 0. The van der Waals surface area contributed by atoms with E-state index in [9.17, 15) is 0 Å². The van der Waals surface area contributed by atoms with Crippen LogP contribution in [0.25, 0.3) is 0 Å². The van der Waals surface area contributed by atoms with Crippen LogP contribution in [0, 0.1) is 0 Å². The van der Waals surface area contributed by atoms with Crippen molar-refractivity contribution in [2.75, 3.05) is 0 Å². The topological polar surface area (TPSA) is 37.3 Å². The third-order valence-electron chi connectivity index (χ3n) is 0. The Bertz CT molecular complexity index is 15.1. The zero-order valence-corrected chi connectivity index (χ0v) is 3.96. The van der Waals surface area contributed by atoms with Crippen LogP contribution in [-0.4, -0.2) is 11.6 Å². The van der Waals surface area contributed by atoms with Gasteiger partial charge in [-0.1, -0.05) is 6.47 Å². The van der Waals surface area contributed by atoms with E-state index in [1.807, 2.05) is 0 Å². The van der Waals surface area contributed by atoms with Crippen LogP contribution in [0.1, 0.15) is 0 Å². The Labute approximate surface area is 49.8 Å². The van der Waals surface area contributed by atoms with Crippen molar-refractivity contribution in [1.82, 2.24) is 0 Å². The molecular weight excluding hydrogens is 161 g/mol. The van der Waals surface area contributed by atoms with Gasteiger partial charge in [0.2, 0.25) is 0 Å². The van der Waals surface area contributed by atoms with Crippen LogP contribution in [0.4, 0.5) is 0 Å². The summed E-state index contributed by atoms with van der Waals surface area (Å²) < 4.78 is 0. The molecule has 0 amide bonds. The first-order valence-corrected chi connectivity index (χ1v) is 0.428. The quantitative estimate of drug-likeness (QED) is 0.389. The summed E-state index contributed by atoms with van der Waals surface area (Å²) in [7, 11) is 0. The van der Waals surface area contributed by atoms with Gasteiger partial charge in [-0.15, -0.1) is 0 Å². The molecule has 38 valence electrons. The maximum absolute atomic E-state index is 8.24. The van der Waals surface area contributed by atoms with Crippen molar-refractivity contribution in [2.45, 2.75) is 0 Å². The molecule has 0 aliphatic rings. The van der Waals surface area contributed by atoms with Gasteiger partial charge < -0.3 is 9.90 Å². The summed E-state index contributed by atoms with van der Waals surface area (Å²) in [6, 6.07) is 0. The van der Waals surface area contributed by atoms with Crippen LogP contribution in [0.15, 0.2) is 0 Å². The number of hydrogen-bond donors (Lipinski definition) is 1. The SMILES string of the molecule is O=[C-]O.[Ni].[Ni]. The van der Waals surface area contributed by atoms with Gasteiger partial charge in [0.25, 0.3) is 0 Å². The molecule has 0 aromatic carbocycles. The van der Waals surface area contributed by atoms with E-state index in [4.69, 9.17) is 9.90 Å². The van der Waals surface area contributed by atoms with Crippen LogP contribution in [-0.2, 0) is 37.8 Å². The van der Waals surface area contributed by atoms with Gasteiger partial charge in [0, 0.05) is 33.0 Å². The van der Waals surface area contributed by atoms with Crippen molar-refractivity contribution in [3.05, 3.63) is 0 Å². The first-order chi connectivity index (χ1) is 1.41. The average Bonchev–Trinajstić information content (AvgIpc) is 0.918. The predicted octanol–water partition coefficient (Wildman–Crippen LogP) is -0.393. The molecule has 0 heterocycles. The summed E-state index contributed by atoms with van der Waals surface area (Å²) in [6.07, 6.45) is 0. The van der Waals surface area contributed by atoms with E-state index in [2.05, 4.69) is 0 Å². The largest absolute Gasteiger partial charge is 0.665 e. The molecule has 0 radical (unpaired) electrons. The molecule has 0 aromatic rings. The monoisotopic (exact) mass is 161 g/mol. The first-order valence-electron chi connectivity index (χ1n) is 0.428. The second kappa shape index (κ2) is 25.1. The Hall–Kier alpha value is 0.457. The summed E-state index contributed by atoms with van der Waals surface area (Å²) in [4.78, 5) is 8.24. The maximum atomic E-state index is 8.24. The van der Waals surface area contributed by atoms with Crippen molar-refractivity contribution in [1.29, 1.82) is 0 Å².